The molecule has 1 aliphatic heterocycles. The number of imide groups is 1. The van der Waals surface area contributed by atoms with Gasteiger partial charge in [0.25, 0.3) is 17.1 Å². The molecule has 6 heteroatoms. The average Bonchev–Trinajstić information content (AvgIpc) is 3.07. The molecule has 0 aliphatic carbocycles. The summed E-state index contributed by atoms with van der Waals surface area (Å²) in [7, 11) is 0. The molecule has 4 rings (SSSR count). The van der Waals surface area contributed by atoms with E-state index in [0.717, 1.165) is 28.5 Å². The van der Waals surface area contributed by atoms with Gasteiger partial charge in [-0.15, -0.1) is 0 Å². The number of carbonyl (C=O) groups excluding carboxylic acids is 3. The molecule has 3 amide bonds. The van der Waals surface area contributed by atoms with Crippen LogP contribution in [-0.4, -0.2) is 35.0 Å². The Morgan fingerprint density at radius 2 is 1.52 bits per heavy atom. The maximum absolute atomic E-state index is 12.8. The minimum Gasteiger partial charge on any atom is -0.350 e. The molecule has 3 aromatic carbocycles. The van der Waals surface area contributed by atoms with Gasteiger partial charge in [-0.2, -0.15) is 0 Å². The molecule has 1 saturated heterocycles. The standard InChI is InChI=1S/C25H20N2O3S/c28-23(21-14-8-7-13-20(21)19-11-5-2-6-12-19)26-15-16-27-24(29)22(31-25(27)30)17-18-9-3-1-4-10-18/h1-14,17H,15-16H2,(H,26,28)/b22-17+. The average molecular weight is 429 g/mol. The van der Waals surface area contributed by atoms with Gasteiger partial charge in [0.05, 0.1) is 4.91 Å². The Hall–Kier alpha value is -3.64. The van der Waals surface area contributed by atoms with Crippen molar-refractivity contribution in [1.82, 2.24) is 10.2 Å². The Balaban J connectivity index is 1.40. The first kappa shape index (κ1) is 20.6. The van der Waals surface area contributed by atoms with E-state index in [0.29, 0.717) is 10.5 Å². The summed E-state index contributed by atoms with van der Waals surface area (Å²) < 4.78 is 0. The summed E-state index contributed by atoms with van der Waals surface area (Å²) in [6.07, 6.45) is 1.71. The number of benzene rings is 3. The second kappa shape index (κ2) is 9.45. The van der Waals surface area contributed by atoms with Crippen molar-refractivity contribution >= 4 is 34.9 Å². The molecule has 5 nitrogen and oxygen atoms in total. The number of hydrogen-bond donors (Lipinski definition) is 1. The Bertz CT molecular complexity index is 1140. The molecule has 0 bridgehead atoms. The third-order valence-corrected chi connectivity index (χ3v) is 5.76. The van der Waals surface area contributed by atoms with Crippen LogP contribution in [0.4, 0.5) is 4.79 Å². The predicted molar refractivity (Wildman–Crippen MR) is 123 cm³/mol. The van der Waals surface area contributed by atoms with Crippen LogP contribution in [0.5, 0.6) is 0 Å². The van der Waals surface area contributed by atoms with Crippen LogP contribution in [0.15, 0.2) is 89.8 Å². The molecule has 3 aromatic rings. The molecule has 1 heterocycles. The number of amides is 3. The van der Waals surface area contributed by atoms with Crippen LogP contribution < -0.4 is 5.32 Å². The molecule has 0 aromatic heterocycles. The highest BCUT2D eigenvalue weighted by molar-refractivity contribution is 8.18. The summed E-state index contributed by atoms with van der Waals surface area (Å²) in [4.78, 5) is 39.2. The minimum atomic E-state index is -0.335. The maximum atomic E-state index is 12.8. The lowest BCUT2D eigenvalue weighted by Gasteiger charge is -2.14. The summed E-state index contributed by atoms with van der Waals surface area (Å²) >= 11 is 0.917. The van der Waals surface area contributed by atoms with Crippen molar-refractivity contribution in [3.63, 3.8) is 0 Å². The number of rotatable bonds is 6. The van der Waals surface area contributed by atoms with E-state index in [1.54, 1.807) is 12.1 Å². The fourth-order valence-corrected chi connectivity index (χ4v) is 4.19. The van der Waals surface area contributed by atoms with E-state index in [4.69, 9.17) is 0 Å². The first-order chi connectivity index (χ1) is 15.1. The van der Waals surface area contributed by atoms with Crippen LogP contribution in [0, 0.1) is 0 Å². The Morgan fingerprint density at radius 1 is 0.871 bits per heavy atom. The van der Waals surface area contributed by atoms with Gasteiger partial charge in [0.2, 0.25) is 0 Å². The van der Waals surface area contributed by atoms with Crippen molar-refractivity contribution in [3.05, 3.63) is 101 Å². The van der Waals surface area contributed by atoms with E-state index in [-0.39, 0.29) is 30.1 Å². The van der Waals surface area contributed by atoms with Crippen LogP contribution in [-0.2, 0) is 4.79 Å². The number of nitrogens with zero attached hydrogens (tertiary/aromatic N) is 1. The van der Waals surface area contributed by atoms with Gasteiger partial charge >= 0.3 is 0 Å². The van der Waals surface area contributed by atoms with Crippen molar-refractivity contribution in [2.24, 2.45) is 0 Å². The minimum absolute atomic E-state index is 0.121. The van der Waals surface area contributed by atoms with Crippen LogP contribution in [0.2, 0.25) is 0 Å². The number of carbonyl (C=O) groups is 3. The second-order valence-electron chi connectivity index (χ2n) is 6.91. The van der Waals surface area contributed by atoms with Gasteiger partial charge in [0.15, 0.2) is 0 Å². The lowest BCUT2D eigenvalue weighted by Crippen LogP contribution is -2.37. The second-order valence-corrected chi connectivity index (χ2v) is 7.90. The van der Waals surface area contributed by atoms with Gasteiger partial charge < -0.3 is 5.32 Å². The summed E-state index contributed by atoms with van der Waals surface area (Å²) in [6, 6.07) is 26.4. The first-order valence-electron chi connectivity index (χ1n) is 9.86. The molecule has 154 valence electrons. The molecule has 0 radical (unpaired) electrons. The number of thioether (sulfide) groups is 1. The predicted octanol–water partition coefficient (Wildman–Crippen LogP) is 4.82. The van der Waals surface area contributed by atoms with E-state index in [9.17, 15) is 14.4 Å². The van der Waals surface area contributed by atoms with E-state index in [2.05, 4.69) is 5.32 Å². The quantitative estimate of drug-likeness (QED) is 0.572. The lowest BCUT2D eigenvalue weighted by atomic mass is 9.99. The van der Waals surface area contributed by atoms with Crippen molar-refractivity contribution in [2.75, 3.05) is 13.1 Å². The van der Waals surface area contributed by atoms with Crippen molar-refractivity contribution < 1.29 is 14.4 Å². The Morgan fingerprint density at radius 3 is 2.26 bits per heavy atom. The summed E-state index contributed by atoms with van der Waals surface area (Å²) in [5.41, 5.74) is 3.19. The summed E-state index contributed by atoms with van der Waals surface area (Å²) in [5, 5.41) is 2.50. The Labute approximate surface area is 184 Å². The molecule has 1 N–H and O–H groups in total. The van der Waals surface area contributed by atoms with Crippen molar-refractivity contribution in [2.45, 2.75) is 0 Å². The third kappa shape index (κ3) is 4.75. The molecule has 1 aliphatic rings. The van der Waals surface area contributed by atoms with Crippen molar-refractivity contribution in [1.29, 1.82) is 0 Å². The molecule has 31 heavy (non-hydrogen) atoms. The van der Waals surface area contributed by atoms with Gasteiger partial charge in [-0.3, -0.25) is 19.3 Å². The van der Waals surface area contributed by atoms with Gasteiger partial charge in [-0.05, 0) is 40.6 Å². The zero-order valence-electron chi connectivity index (χ0n) is 16.7. The zero-order chi connectivity index (χ0) is 21.6. The van der Waals surface area contributed by atoms with Gasteiger partial charge in [0, 0.05) is 18.7 Å². The molecule has 0 spiro atoms. The van der Waals surface area contributed by atoms with E-state index >= 15 is 0 Å². The van der Waals surface area contributed by atoms with Crippen LogP contribution in [0.25, 0.3) is 17.2 Å². The van der Waals surface area contributed by atoms with Crippen LogP contribution in [0.3, 0.4) is 0 Å². The smallest absolute Gasteiger partial charge is 0.293 e. The van der Waals surface area contributed by atoms with Gasteiger partial charge in [-0.25, -0.2) is 0 Å². The van der Waals surface area contributed by atoms with E-state index < -0.39 is 0 Å². The lowest BCUT2D eigenvalue weighted by molar-refractivity contribution is -0.122. The number of nitrogens with one attached hydrogen (secondary N) is 1. The largest absolute Gasteiger partial charge is 0.350 e. The van der Waals surface area contributed by atoms with Crippen molar-refractivity contribution in [3.8, 4) is 11.1 Å². The monoisotopic (exact) mass is 428 g/mol. The molecule has 0 unspecified atom stereocenters. The molecule has 1 fully saturated rings. The number of hydrogen-bond acceptors (Lipinski definition) is 4. The first-order valence-corrected chi connectivity index (χ1v) is 10.7. The van der Waals surface area contributed by atoms with E-state index in [1.807, 2.05) is 78.9 Å². The van der Waals surface area contributed by atoms with Gasteiger partial charge in [0.1, 0.15) is 0 Å². The Kier molecular flexibility index (Phi) is 6.29. The highest BCUT2D eigenvalue weighted by Crippen LogP contribution is 2.31. The highest BCUT2D eigenvalue weighted by Gasteiger charge is 2.34. The zero-order valence-corrected chi connectivity index (χ0v) is 17.5. The summed E-state index contributed by atoms with van der Waals surface area (Å²) in [5.74, 6) is -0.580. The van der Waals surface area contributed by atoms with Crippen LogP contribution in [0.1, 0.15) is 15.9 Å². The highest BCUT2D eigenvalue weighted by atomic mass is 32.2. The van der Waals surface area contributed by atoms with E-state index in [1.165, 1.54) is 4.90 Å². The SMILES string of the molecule is O=C(NCCN1C(=O)S/C(=C/c2ccccc2)C1=O)c1ccccc1-c1ccccc1. The van der Waals surface area contributed by atoms with Crippen LogP contribution >= 0.6 is 11.8 Å². The van der Waals surface area contributed by atoms with Gasteiger partial charge in [-0.1, -0.05) is 78.9 Å². The fourth-order valence-electron chi connectivity index (χ4n) is 3.32. The summed E-state index contributed by atoms with van der Waals surface area (Å²) in [6.45, 7) is 0.300. The normalized spacial score (nSPS) is 14.8. The molecule has 0 saturated carbocycles. The molecular weight excluding hydrogens is 408 g/mol. The molecule has 0 atom stereocenters. The topological polar surface area (TPSA) is 66.5 Å². The fraction of sp³-hybridized carbons (Fsp3) is 0.0800. The maximum Gasteiger partial charge on any atom is 0.293 e. The third-order valence-electron chi connectivity index (χ3n) is 4.85. The molecular formula is C25H20N2O3S.